The number of methoxy groups -OCH3 is 2. The lowest BCUT2D eigenvalue weighted by Crippen LogP contribution is -2.15. The summed E-state index contributed by atoms with van der Waals surface area (Å²) >= 11 is 0. The molecule has 3 N–H and O–H groups in total. The Morgan fingerprint density at radius 2 is 1.77 bits per heavy atom. The lowest BCUT2D eigenvalue weighted by Gasteiger charge is -2.12. The molecule has 2 rings (SSSR count). The molecule has 0 fully saturated rings. The van der Waals surface area contributed by atoms with Crippen molar-refractivity contribution in [1.82, 2.24) is 4.98 Å². The van der Waals surface area contributed by atoms with Crippen LogP contribution in [-0.4, -0.2) is 37.0 Å². The maximum Gasteiger partial charge on any atom is 0.339 e. The minimum Gasteiger partial charge on any atom is -0.495 e. The Morgan fingerprint density at radius 3 is 2.35 bits per heavy atom. The van der Waals surface area contributed by atoms with Gasteiger partial charge in [-0.3, -0.25) is 9.59 Å². The highest BCUT2D eigenvalue weighted by Gasteiger charge is 2.23. The zero-order valence-corrected chi connectivity index (χ0v) is 15.3. The van der Waals surface area contributed by atoms with Crippen LogP contribution in [0.2, 0.25) is 0 Å². The minimum absolute atomic E-state index is 0.231. The van der Waals surface area contributed by atoms with Crippen LogP contribution >= 0.6 is 0 Å². The molecule has 0 aliphatic rings. The maximum atomic E-state index is 12.7. The number of carbonyl (C=O) groups excluding carboxylic acids is 3. The molecule has 26 heavy (non-hydrogen) atoms. The topological polar surface area (TPSA) is 110 Å². The maximum absolute atomic E-state index is 12.7. The highest BCUT2D eigenvalue weighted by Crippen LogP contribution is 2.29. The van der Waals surface area contributed by atoms with Crippen molar-refractivity contribution in [2.75, 3.05) is 24.9 Å². The van der Waals surface area contributed by atoms with Gasteiger partial charge in [0.2, 0.25) is 5.91 Å². The van der Waals surface area contributed by atoms with Gasteiger partial charge in [-0.1, -0.05) is 0 Å². The lowest BCUT2D eigenvalue weighted by atomic mass is 10.1. The molecular formula is C18H21N3O5. The summed E-state index contributed by atoms with van der Waals surface area (Å²) in [6.45, 7) is 4.74. The molecule has 8 heteroatoms. The summed E-state index contributed by atoms with van der Waals surface area (Å²) in [5, 5.41) is 5.37. The molecule has 1 aromatic carbocycles. The summed E-state index contributed by atoms with van der Waals surface area (Å²) in [5.41, 5.74) is 2.51. The zero-order chi connectivity index (χ0) is 19.4. The fraction of sp³-hybridized carbons (Fsp3) is 0.278. The largest absolute Gasteiger partial charge is 0.495 e. The zero-order valence-electron chi connectivity index (χ0n) is 15.3. The quantitative estimate of drug-likeness (QED) is 0.711. The Balaban J connectivity index is 2.35. The summed E-state index contributed by atoms with van der Waals surface area (Å²) in [4.78, 5) is 38.7. The normalized spacial score (nSPS) is 10.2. The fourth-order valence-electron chi connectivity index (χ4n) is 2.66. The standard InChI is InChI=1S/C18H21N3O5/c1-9-15(18(24)26-5)10(2)19-16(9)17(23)21-13-8-12(20-11(3)22)6-7-14(13)25-4/h6-8,19H,1-5H3,(H,20,22)(H,21,23). The second-order valence-corrected chi connectivity index (χ2v) is 5.67. The lowest BCUT2D eigenvalue weighted by molar-refractivity contribution is -0.114. The molecule has 0 aliphatic carbocycles. The molecule has 8 nitrogen and oxygen atoms in total. The predicted molar refractivity (Wildman–Crippen MR) is 96.9 cm³/mol. The van der Waals surface area contributed by atoms with Crippen LogP contribution in [0.15, 0.2) is 18.2 Å². The first-order chi connectivity index (χ1) is 12.3. The molecule has 0 aliphatic heterocycles. The van der Waals surface area contributed by atoms with E-state index in [2.05, 4.69) is 15.6 Å². The molecular weight excluding hydrogens is 338 g/mol. The Morgan fingerprint density at radius 1 is 1.08 bits per heavy atom. The average molecular weight is 359 g/mol. The third-order valence-corrected chi connectivity index (χ3v) is 3.82. The molecule has 0 atom stereocenters. The van der Waals surface area contributed by atoms with Gasteiger partial charge in [0.15, 0.2) is 0 Å². The Kier molecular flexibility index (Phi) is 5.66. The smallest absolute Gasteiger partial charge is 0.339 e. The van der Waals surface area contributed by atoms with Gasteiger partial charge in [0.25, 0.3) is 5.91 Å². The van der Waals surface area contributed by atoms with Gasteiger partial charge < -0.3 is 25.1 Å². The van der Waals surface area contributed by atoms with E-state index in [-0.39, 0.29) is 11.6 Å². The van der Waals surface area contributed by atoms with E-state index >= 15 is 0 Å². The molecule has 1 aromatic heterocycles. The number of anilines is 2. The molecule has 0 radical (unpaired) electrons. The van der Waals surface area contributed by atoms with Crippen molar-refractivity contribution in [3.05, 3.63) is 40.7 Å². The van der Waals surface area contributed by atoms with Crippen LogP contribution < -0.4 is 15.4 Å². The number of ether oxygens (including phenoxy) is 2. The SMILES string of the molecule is COC(=O)c1c(C)[nH]c(C(=O)Nc2cc(NC(C)=O)ccc2OC)c1C. The monoisotopic (exact) mass is 359 g/mol. The number of aromatic nitrogens is 1. The Hall–Kier alpha value is -3.29. The number of H-pyrrole nitrogens is 1. The highest BCUT2D eigenvalue weighted by atomic mass is 16.5. The first kappa shape index (κ1) is 19.0. The highest BCUT2D eigenvalue weighted by molar-refractivity contribution is 6.07. The van der Waals surface area contributed by atoms with Crippen molar-refractivity contribution in [2.24, 2.45) is 0 Å². The summed E-state index contributed by atoms with van der Waals surface area (Å²) in [6, 6.07) is 4.88. The summed E-state index contributed by atoms with van der Waals surface area (Å²) < 4.78 is 9.99. The first-order valence-electron chi connectivity index (χ1n) is 7.83. The molecule has 0 unspecified atom stereocenters. The predicted octanol–water partition coefficient (Wildman–Crippen LogP) is 2.64. The summed E-state index contributed by atoms with van der Waals surface area (Å²) in [5.74, 6) is -0.757. The first-order valence-corrected chi connectivity index (χ1v) is 7.83. The summed E-state index contributed by atoms with van der Waals surface area (Å²) in [7, 11) is 2.76. The number of nitrogens with one attached hydrogen (secondary N) is 3. The van der Waals surface area contributed by atoms with Crippen LogP contribution in [-0.2, 0) is 9.53 Å². The molecule has 0 spiro atoms. The van der Waals surface area contributed by atoms with Crippen LogP contribution in [0.4, 0.5) is 11.4 Å². The van der Waals surface area contributed by atoms with Crippen molar-refractivity contribution in [3.63, 3.8) is 0 Å². The number of aryl methyl sites for hydroxylation is 1. The van der Waals surface area contributed by atoms with E-state index in [1.54, 1.807) is 32.0 Å². The van der Waals surface area contributed by atoms with Crippen LogP contribution in [0, 0.1) is 13.8 Å². The van der Waals surface area contributed by atoms with Crippen molar-refractivity contribution in [3.8, 4) is 5.75 Å². The van der Waals surface area contributed by atoms with Crippen molar-refractivity contribution in [1.29, 1.82) is 0 Å². The van der Waals surface area contributed by atoms with Crippen molar-refractivity contribution < 1.29 is 23.9 Å². The second-order valence-electron chi connectivity index (χ2n) is 5.67. The number of benzene rings is 1. The molecule has 0 saturated carbocycles. The number of aromatic amines is 1. The van der Waals surface area contributed by atoms with Crippen LogP contribution in [0.3, 0.4) is 0 Å². The van der Waals surface area contributed by atoms with Crippen molar-refractivity contribution in [2.45, 2.75) is 20.8 Å². The van der Waals surface area contributed by atoms with Gasteiger partial charge in [0.1, 0.15) is 11.4 Å². The van der Waals surface area contributed by atoms with Gasteiger partial charge in [-0.25, -0.2) is 4.79 Å². The molecule has 2 aromatic rings. The number of hydrogen-bond acceptors (Lipinski definition) is 5. The van der Waals surface area contributed by atoms with Gasteiger partial charge in [0.05, 0.1) is 25.5 Å². The molecule has 1 heterocycles. The van der Waals surface area contributed by atoms with E-state index in [1.807, 2.05) is 0 Å². The van der Waals surface area contributed by atoms with Crippen LogP contribution in [0.5, 0.6) is 5.75 Å². The number of carbonyl (C=O) groups is 3. The number of rotatable bonds is 5. The minimum atomic E-state index is -0.513. The van der Waals surface area contributed by atoms with Gasteiger partial charge in [0, 0.05) is 18.3 Å². The van der Waals surface area contributed by atoms with Crippen molar-refractivity contribution >= 4 is 29.2 Å². The fourth-order valence-corrected chi connectivity index (χ4v) is 2.66. The van der Waals surface area contributed by atoms with E-state index in [9.17, 15) is 14.4 Å². The van der Waals surface area contributed by atoms with Gasteiger partial charge in [-0.05, 0) is 37.6 Å². The van der Waals surface area contributed by atoms with Crippen LogP contribution in [0.1, 0.15) is 39.0 Å². The van der Waals surface area contributed by atoms with Gasteiger partial charge >= 0.3 is 5.97 Å². The molecule has 0 bridgehead atoms. The molecule has 138 valence electrons. The van der Waals surface area contributed by atoms with E-state index in [0.717, 1.165) is 0 Å². The average Bonchev–Trinajstić information content (AvgIpc) is 2.88. The molecule has 0 saturated heterocycles. The molecule has 2 amide bonds. The van der Waals surface area contributed by atoms with E-state index in [4.69, 9.17) is 9.47 Å². The van der Waals surface area contributed by atoms with Gasteiger partial charge in [-0.15, -0.1) is 0 Å². The Bertz CT molecular complexity index is 870. The van der Waals surface area contributed by atoms with E-state index in [1.165, 1.54) is 21.1 Å². The third kappa shape index (κ3) is 3.85. The van der Waals surface area contributed by atoms with E-state index < -0.39 is 11.9 Å². The third-order valence-electron chi connectivity index (χ3n) is 3.82. The number of amides is 2. The number of esters is 1. The second kappa shape index (κ2) is 7.73. The summed E-state index contributed by atoms with van der Waals surface area (Å²) in [6.07, 6.45) is 0. The van der Waals surface area contributed by atoms with Crippen LogP contribution in [0.25, 0.3) is 0 Å². The van der Waals surface area contributed by atoms with Gasteiger partial charge in [-0.2, -0.15) is 0 Å². The van der Waals surface area contributed by atoms with E-state index in [0.29, 0.717) is 33.9 Å². The Labute approximate surface area is 150 Å². The number of hydrogen-bond donors (Lipinski definition) is 3.